The maximum atomic E-state index is 12.5. The van der Waals surface area contributed by atoms with Crippen LogP contribution < -0.4 is 0 Å². The minimum atomic E-state index is -1.44. The molecule has 6 nitrogen and oxygen atoms in total. The zero-order valence-corrected chi connectivity index (χ0v) is 12.1. The van der Waals surface area contributed by atoms with Gasteiger partial charge in [0.2, 0.25) is 0 Å². The third-order valence-electron chi connectivity index (χ3n) is 3.44. The van der Waals surface area contributed by atoms with Gasteiger partial charge >= 0.3 is 5.66 Å². The molecule has 1 amide bonds. The molecule has 7 heteroatoms. The highest BCUT2D eigenvalue weighted by molar-refractivity contribution is 6.33. The van der Waals surface area contributed by atoms with Crippen LogP contribution in [0, 0.1) is 10.1 Å². The van der Waals surface area contributed by atoms with Crippen LogP contribution in [-0.4, -0.2) is 33.6 Å². The van der Waals surface area contributed by atoms with Gasteiger partial charge in [-0.2, -0.15) is 0 Å². The van der Waals surface area contributed by atoms with E-state index in [1.54, 1.807) is 31.2 Å². The number of hydrogen-bond donors (Lipinski definition) is 0. The van der Waals surface area contributed by atoms with E-state index in [2.05, 4.69) is 0 Å². The van der Waals surface area contributed by atoms with Crippen LogP contribution in [0.2, 0.25) is 5.02 Å². The number of hydrazine groups is 1. The Balaban J connectivity index is 2.41. The lowest BCUT2D eigenvalue weighted by Gasteiger charge is -2.30. The van der Waals surface area contributed by atoms with E-state index in [1.807, 2.05) is 0 Å². The minimum absolute atomic E-state index is 0.307. The van der Waals surface area contributed by atoms with Crippen LogP contribution in [0.4, 0.5) is 0 Å². The normalized spacial score (nSPS) is 22.8. The van der Waals surface area contributed by atoms with Crippen molar-refractivity contribution in [2.75, 3.05) is 7.05 Å². The highest BCUT2D eigenvalue weighted by Gasteiger charge is 2.50. The largest absolute Gasteiger partial charge is 0.311 e. The first-order valence-corrected chi connectivity index (χ1v) is 6.33. The molecule has 0 aromatic heterocycles. The number of nitrogens with zero attached hydrogens (tertiary/aromatic N) is 3. The van der Waals surface area contributed by atoms with E-state index >= 15 is 0 Å². The molecule has 1 aliphatic rings. The van der Waals surface area contributed by atoms with Crippen LogP contribution in [0.3, 0.4) is 0 Å². The van der Waals surface area contributed by atoms with Crippen molar-refractivity contribution in [2.24, 2.45) is 0 Å². The van der Waals surface area contributed by atoms with Crippen molar-refractivity contribution < 1.29 is 9.72 Å². The van der Waals surface area contributed by atoms with Crippen LogP contribution >= 0.6 is 11.6 Å². The van der Waals surface area contributed by atoms with Gasteiger partial charge in [-0.15, -0.1) is 5.01 Å². The van der Waals surface area contributed by atoms with Crippen LogP contribution in [-0.2, 0) is 0 Å². The number of amides is 1. The van der Waals surface area contributed by atoms with E-state index < -0.39 is 16.5 Å². The first-order chi connectivity index (χ1) is 9.29. The zero-order chi connectivity index (χ0) is 15.1. The van der Waals surface area contributed by atoms with Crippen molar-refractivity contribution in [3.8, 4) is 0 Å². The summed E-state index contributed by atoms with van der Waals surface area (Å²) in [5, 5.41) is 14.1. The Morgan fingerprint density at radius 3 is 2.50 bits per heavy atom. The van der Waals surface area contributed by atoms with Crippen LogP contribution in [0.15, 0.2) is 36.0 Å². The Labute approximate surface area is 121 Å². The molecule has 1 aliphatic heterocycles. The van der Waals surface area contributed by atoms with Crippen LogP contribution in [0.25, 0.3) is 0 Å². The topological polar surface area (TPSA) is 66.7 Å². The average Bonchev–Trinajstić information content (AvgIpc) is 2.61. The fourth-order valence-electron chi connectivity index (χ4n) is 2.21. The number of allylic oxidation sites excluding steroid dienone is 1. The number of carbonyl (C=O) groups is 1. The van der Waals surface area contributed by atoms with E-state index in [-0.39, 0.29) is 0 Å². The highest BCUT2D eigenvalue weighted by atomic mass is 35.5. The molecule has 2 rings (SSSR count). The molecule has 1 heterocycles. The van der Waals surface area contributed by atoms with Gasteiger partial charge < -0.3 is 0 Å². The Morgan fingerprint density at radius 2 is 2.00 bits per heavy atom. The van der Waals surface area contributed by atoms with Crippen LogP contribution in [0.5, 0.6) is 0 Å². The van der Waals surface area contributed by atoms with Crippen LogP contribution in [0.1, 0.15) is 24.2 Å². The van der Waals surface area contributed by atoms with Crippen molar-refractivity contribution in [3.63, 3.8) is 0 Å². The van der Waals surface area contributed by atoms with E-state index in [9.17, 15) is 14.9 Å². The molecule has 20 heavy (non-hydrogen) atoms. The van der Waals surface area contributed by atoms with Gasteiger partial charge in [0.05, 0.1) is 10.6 Å². The summed E-state index contributed by atoms with van der Waals surface area (Å²) in [7, 11) is 1.50. The van der Waals surface area contributed by atoms with Gasteiger partial charge in [0, 0.05) is 30.7 Å². The van der Waals surface area contributed by atoms with Gasteiger partial charge in [0.25, 0.3) is 5.91 Å². The van der Waals surface area contributed by atoms with Gasteiger partial charge in [-0.3, -0.25) is 14.9 Å². The van der Waals surface area contributed by atoms with E-state index in [4.69, 9.17) is 11.6 Å². The lowest BCUT2D eigenvalue weighted by atomic mass is 10.2. The maximum absolute atomic E-state index is 12.5. The molecule has 0 radical (unpaired) electrons. The van der Waals surface area contributed by atoms with Gasteiger partial charge in [-0.25, -0.2) is 5.01 Å². The third kappa shape index (κ3) is 2.07. The molecule has 1 unspecified atom stereocenters. The summed E-state index contributed by atoms with van der Waals surface area (Å²) in [5.41, 5.74) is -0.640. The summed E-state index contributed by atoms with van der Waals surface area (Å²) in [4.78, 5) is 23.3. The number of carbonyl (C=O) groups excluding carboxylic acids is 1. The Hall–Kier alpha value is -1.92. The second kappa shape index (κ2) is 4.88. The standard InChI is InChI=1S/C13H14ClN3O3/c1-9-8-13(2,17(19)20)15(3)16(9)12(18)10-6-4-5-7-11(10)14/h4-8H,1-3H3. The lowest BCUT2D eigenvalue weighted by molar-refractivity contribution is -0.584. The molecule has 1 aromatic rings. The Bertz CT molecular complexity index is 617. The number of likely N-dealkylation sites (N-methyl/N-ethyl adjacent to an activating group) is 1. The molecule has 0 spiro atoms. The molecule has 1 atom stereocenters. The average molecular weight is 296 g/mol. The predicted molar refractivity (Wildman–Crippen MR) is 74.5 cm³/mol. The number of nitro groups is 1. The molecule has 0 saturated carbocycles. The molecule has 0 bridgehead atoms. The molecule has 0 fully saturated rings. The van der Waals surface area contributed by atoms with Crippen molar-refractivity contribution >= 4 is 17.5 Å². The number of benzene rings is 1. The Kier molecular flexibility index (Phi) is 3.54. The van der Waals surface area contributed by atoms with Gasteiger partial charge in [-0.05, 0) is 19.1 Å². The fourth-order valence-corrected chi connectivity index (χ4v) is 2.42. The van der Waals surface area contributed by atoms with Crippen molar-refractivity contribution in [1.82, 2.24) is 10.0 Å². The summed E-state index contributed by atoms with van der Waals surface area (Å²) in [6, 6.07) is 6.61. The SMILES string of the molecule is CC1=CC(C)([N+](=O)[O-])N(C)N1C(=O)c1ccccc1Cl. The summed E-state index contributed by atoms with van der Waals surface area (Å²) in [6.07, 6.45) is 1.45. The van der Waals surface area contributed by atoms with E-state index in [1.165, 1.54) is 30.1 Å². The second-order valence-corrected chi connectivity index (χ2v) is 5.16. The monoisotopic (exact) mass is 295 g/mol. The lowest BCUT2D eigenvalue weighted by Crippen LogP contribution is -2.53. The second-order valence-electron chi connectivity index (χ2n) is 4.76. The van der Waals surface area contributed by atoms with E-state index in [0.717, 1.165) is 0 Å². The minimum Gasteiger partial charge on any atom is -0.267 e. The van der Waals surface area contributed by atoms with Crippen molar-refractivity contribution in [1.29, 1.82) is 0 Å². The summed E-state index contributed by atoms with van der Waals surface area (Å²) < 4.78 is 0. The molecular formula is C13H14ClN3O3. The quantitative estimate of drug-likeness (QED) is 0.621. The van der Waals surface area contributed by atoms with Crippen molar-refractivity contribution in [2.45, 2.75) is 19.5 Å². The number of rotatable bonds is 2. The smallest absolute Gasteiger partial charge is 0.267 e. The molecule has 0 aliphatic carbocycles. The Morgan fingerprint density at radius 1 is 1.40 bits per heavy atom. The summed E-state index contributed by atoms with van der Waals surface area (Å²) in [5.74, 6) is -0.391. The van der Waals surface area contributed by atoms with Gasteiger partial charge in [0.1, 0.15) is 0 Å². The molecule has 0 N–H and O–H groups in total. The third-order valence-corrected chi connectivity index (χ3v) is 3.77. The molecule has 106 valence electrons. The maximum Gasteiger partial charge on any atom is 0.311 e. The van der Waals surface area contributed by atoms with E-state index in [0.29, 0.717) is 16.3 Å². The summed E-state index contributed by atoms with van der Waals surface area (Å²) in [6.45, 7) is 3.09. The zero-order valence-electron chi connectivity index (χ0n) is 11.3. The van der Waals surface area contributed by atoms with Gasteiger partial charge in [-0.1, -0.05) is 23.7 Å². The summed E-state index contributed by atoms with van der Waals surface area (Å²) >= 11 is 6.01. The fraction of sp³-hybridized carbons (Fsp3) is 0.308. The number of halogens is 1. The molecule has 0 saturated heterocycles. The molecule has 1 aromatic carbocycles. The van der Waals surface area contributed by atoms with Crippen molar-refractivity contribution in [3.05, 3.63) is 56.7 Å². The number of hydrogen-bond acceptors (Lipinski definition) is 4. The highest BCUT2D eigenvalue weighted by Crippen LogP contribution is 2.32. The van der Waals surface area contributed by atoms with Gasteiger partial charge in [0.15, 0.2) is 0 Å². The molecular weight excluding hydrogens is 282 g/mol. The first kappa shape index (κ1) is 14.5. The predicted octanol–water partition coefficient (Wildman–Crippen LogP) is 2.54. The first-order valence-electron chi connectivity index (χ1n) is 5.95.